The molecular formula is C29H33ClN4O2. The van der Waals surface area contributed by atoms with Gasteiger partial charge in [0.05, 0.1) is 23.9 Å². The van der Waals surface area contributed by atoms with Gasteiger partial charge in [-0.1, -0.05) is 18.2 Å². The first-order chi connectivity index (χ1) is 17.1. The van der Waals surface area contributed by atoms with Crippen LogP contribution in [0.1, 0.15) is 37.0 Å². The van der Waals surface area contributed by atoms with E-state index in [0.29, 0.717) is 11.6 Å². The zero-order valence-corrected chi connectivity index (χ0v) is 22.3. The summed E-state index contributed by atoms with van der Waals surface area (Å²) in [7, 11) is 1.99. The monoisotopic (exact) mass is 504 g/mol. The number of rotatable bonds is 3. The molecule has 0 bridgehead atoms. The van der Waals surface area contributed by atoms with E-state index in [0.717, 1.165) is 55.5 Å². The first-order valence-corrected chi connectivity index (χ1v) is 13.0. The summed E-state index contributed by atoms with van der Waals surface area (Å²) in [6, 6.07) is 6.46. The van der Waals surface area contributed by atoms with Crippen LogP contribution in [-0.2, 0) is 29.6 Å². The van der Waals surface area contributed by atoms with Gasteiger partial charge in [0.25, 0.3) is 0 Å². The molecule has 0 radical (unpaired) electrons. The van der Waals surface area contributed by atoms with Crippen molar-refractivity contribution < 1.29 is 9.53 Å². The molecule has 2 saturated heterocycles. The standard InChI is InChI=1S/C29H33ClN4O2/c1-6-25(35)34-16-29(17-34)7-8-33(15-29)24-10-19-12-28(3,4)36-14-23(19)26(18(24)2)22-11-21(30)9-20-13-31-32(5)27(20)22/h6,9-11,13H,1,7-8,12,14-17H2,2-5H3. The fourth-order valence-corrected chi connectivity index (χ4v) is 6.82. The normalized spacial score (nSPS) is 20.0. The smallest absolute Gasteiger partial charge is 0.245 e. The highest BCUT2D eigenvalue weighted by Crippen LogP contribution is 2.47. The van der Waals surface area contributed by atoms with E-state index in [1.54, 1.807) is 0 Å². The number of likely N-dealkylation sites (tertiary alicyclic amines) is 1. The number of halogens is 1. The average molecular weight is 505 g/mol. The minimum absolute atomic E-state index is 0.0368. The molecule has 3 aliphatic rings. The number of fused-ring (bicyclic) bond motifs is 2. The van der Waals surface area contributed by atoms with Gasteiger partial charge in [-0.2, -0.15) is 5.10 Å². The maximum absolute atomic E-state index is 12.1. The van der Waals surface area contributed by atoms with Crippen LogP contribution in [0.25, 0.3) is 22.0 Å². The van der Waals surface area contributed by atoms with Crippen LogP contribution in [0.2, 0.25) is 5.02 Å². The quantitative estimate of drug-likeness (QED) is 0.455. The first kappa shape index (κ1) is 23.6. The molecule has 0 saturated carbocycles. The number of carbonyl (C=O) groups excluding carboxylic acids is 1. The Hall–Kier alpha value is -2.83. The summed E-state index contributed by atoms with van der Waals surface area (Å²) in [6.45, 7) is 14.4. The fourth-order valence-electron chi connectivity index (χ4n) is 6.59. The zero-order valence-electron chi connectivity index (χ0n) is 21.5. The third kappa shape index (κ3) is 3.65. The molecule has 1 amide bonds. The molecule has 36 heavy (non-hydrogen) atoms. The van der Waals surface area contributed by atoms with Gasteiger partial charge in [-0.3, -0.25) is 9.48 Å². The number of benzene rings is 2. The molecule has 2 aromatic carbocycles. The maximum atomic E-state index is 12.1. The number of aromatic nitrogens is 2. The third-order valence-corrected chi connectivity index (χ3v) is 8.59. The second kappa shape index (κ2) is 8.09. The summed E-state index contributed by atoms with van der Waals surface area (Å²) >= 11 is 6.63. The molecule has 7 heteroatoms. The summed E-state index contributed by atoms with van der Waals surface area (Å²) in [6.07, 6.45) is 5.26. The lowest BCUT2D eigenvalue weighted by Gasteiger charge is -2.47. The highest BCUT2D eigenvalue weighted by Gasteiger charge is 2.49. The van der Waals surface area contributed by atoms with Gasteiger partial charge in [-0.15, -0.1) is 0 Å². The SMILES string of the molecule is C=CC(=O)N1CC2(CCN(c3cc4c(c(-c5cc(Cl)cc6cnn(C)c56)c3C)COC(C)(C)C4)C2)C1. The Morgan fingerprint density at radius 2 is 2.00 bits per heavy atom. The van der Waals surface area contributed by atoms with Crippen LogP contribution in [0.4, 0.5) is 5.69 Å². The lowest BCUT2D eigenvalue weighted by molar-refractivity contribution is -0.136. The Morgan fingerprint density at radius 1 is 1.22 bits per heavy atom. The van der Waals surface area contributed by atoms with Crippen LogP contribution < -0.4 is 4.90 Å². The summed E-state index contributed by atoms with van der Waals surface area (Å²) in [5.41, 5.74) is 8.49. The molecule has 4 heterocycles. The molecule has 3 aromatic rings. The van der Waals surface area contributed by atoms with Crippen molar-refractivity contribution in [2.45, 2.75) is 45.8 Å². The van der Waals surface area contributed by atoms with Gasteiger partial charge < -0.3 is 14.5 Å². The number of carbonyl (C=O) groups is 1. The second-order valence-electron chi connectivity index (χ2n) is 11.5. The summed E-state index contributed by atoms with van der Waals surface area (Å²) in [4.78, 5) is 16.5. The van der Waals surface area contributed by atoms with Crippen molar-refractivity contribution in [3.05, 3.63) is 58.8 Å². The Kier molecular flexibility index (Phi) is 5.29. The molecular weight excluding hydrogens is 472 g/mol. The molecule has 188 valence electrons. The van der Waals surface area contributed by atoms with Crippen molar-refractivity contribution in [3.8, 4) is 11.1 Å². The zero-order chi connectivity index (χ0) is 25.4. The predicted molar refractivity (Wildman–Crippen MR) is 145 cm³/mol. The van der Waals surface area contributed by atoms with Crippen molar-refractivity contribution in [1.29, 1.82) is 0 Å². The lowest BCUT2D eigenvalue weighted by Crippen LogP contribution is -2.59. The van der Waals surface area contributed by atoms with E-state index in [4.69, 9.17) is 16.3 Å². The number of anilines is 1. The summed E-state index contributed by atoms with van der Waals surface area (Å²) in [5, 5.41) is 6.28. The predicted octanol–water partition coefficient (Wildman–Crippen LogP) is 5.28. The van der Waals surface area contributed by atoms with Gasteiger partial charge in [-0.05, 0) is 73.7 Å². The second-order valence-corrected chi connectivity index (χ2v) is 11.9. The molecule has 1 aromatic heterocycles. The van der Waals surface area contributed by atoms with Crippen LogP contribution >= 0.6 is 11.6 Å². The first-order valence-electron chi connectivity index (χ1n) is 12.7. The van der Waals surface area contributed by atoms with Gasteiger partial charge in [0, 0.05) is 66.7 Å². The highest BCUT2D eigenvalue weighted by molar-refractivity contribution is 6.32. The van der Waals surface area contributed by atoms with Crippen molar-refractivity contribution in [2.75, 3.05) is 31.1 Å². The van der Waals surface area contributed by atoms with Gasteiger partial charge in [0.1, 0.15) is 0 Å². The minimum atomic E-state index is -0.210. The van der Waals surface area contributed by atoms with Crippen LogP contribution in [0.5, 0.6) is 0 Å². The van der Waals surface area contributed by atoms with E-state index >= 15 is 0 Å². The molecule has 6 rings (SSSR count). The van der Waals surface area contributed by atoms with Crippen molar-refractivity contribution in [2.24, 2.45) is 12.5 Å². The number of hydrogen-bond donors (Lipinski definition) is 0. The van der Waals surface area contributed by atoms with Crippen LogP contribution in [0, 0.1) is 12.3 Å². The molecule has 3 aliphatic heterocycles. The van der Waals surface area contributed by atoms with E-state index in [9.17, 15) is 4.79 Å². The van der Waals surface area contributed by atoms with Gasteiger partial charge in [-0.25, -0.2) is 0 Å². The Bertz CT molecular complexity index is 1420. The maximum Gasteiger partial charge on any atom is 0.245 e. The number of aryl methyl sites for hydroxylation is 1. The van der Waals surface area contributed by atoms with Gasteiger partial charge in [0.2, 0.25) is 5.91 Å². The largest absolute Gasteiger partial charge is 0.371 e. The third-order valence-electron chi connectivity index (χ3n) is 8.37. The number of ether oxygens (including phenoxy) is 1. The Morgan fingerprint density at radius 3 is 2.75 bits per heavy atom. The summed E-state index contributed by atoms with van der Waals surface area (Å²) < 4.78 is 8.26. The molecule has 0 aliphatic carbocycles. The van der Waals surface area contributed by atoms with E-state index in [1.807, 2.05) is 28.9 Å². The highest BCUT2D eigenvalue weighted by atomic mass is 35.5. The van der Waals surface area contributed by atoms with Crippen molar-refractivity contribution in [3.63, 3.8) is 0 Å². The molecule has 6 nitrogen and oxygen atoms in total. The Balaban J connectivity index is 1.47. The van der Waals surface area contributed by atoms with Crippen molar-refractivity contribution in [1.82, 2.24) is 14.7 Å². The van der Waals surface area contributed by atoms with Crippen LogP contribution in [0.3, 0.4) is 0 Å². The summed E-state index contributed by atoms with van der Waals surface area (Å²) in [5.74, 6) is 0.0368. The molecule has 0 atom stereocenters. The van der Waals surface area contributed by atoms with Gasteiger partial charge in [0.15, 0.2) is 0 Å². The molecule has 0 unspecified atom stereocenters. The van der Waals surface area contributed by atoms with E-state index in [1.165, 1.54) is 34.0 Å². The van der Waals surface area contributed by atoms with Gasteiger partial charge >= 0.3 is 0 Å². The lowest BCUT2D eigenvalue weighted by atomic mass is 9.79. The minimum Gasteiger partial charge on any atom is -0.371 e. The number of nitrogens with zero attached hydrogens (tertiary/aromatic N) is 4. The van der Waals surface area contributed by atoms with E-state index < -0.39 is 0 Å². The van der Waals surface area contributed by atoms with E-state index in [-0.39, 0.29) is 16.9 Å². The van der Waals surface area contributed by atoms with Crippen molar-refractivity contribution >= 4 is 34.1 Å². The average Bonchev–Trinajstić information content (AvgIpc) is 3.41. The van der Waals surface area contributed by atoms with Crippen LogP contribution in [-0.4, -0.2) is 52.4 Å². The molecule has 1 spiro atoms. The fraction of sp³-hybridized carbons (Fsp3) is 0.448. The molecule has 0 N–H and O–H groups in total. The molecule has 2 fully saturated rings. The van der Waals surface area contributed by atoms with E-state index in [2.05, 4.69) is 49.5 Å². The Labute approximate surface area is 217 Å². The topological polar surface area (TPSA) is 50.6 Å². The number of hydrogen-bond acceptors (Lipinski definition) is 4. The van der Waals surface area contributed by atoms with Crippen LogP contribution in [0.15, 0.2) is 37.1 Å². The number of amides is 1.